The number of morpholine rings is 1. The van der Waals surface area contributed by atoms with Gasteiger partial charge in [-0.2, -0.15) is 0 Å². The quantitative estimate of drug-likeness (QED) is 0.609. The number of imide groups is 1. The molecule has 4 rings (SSSR count). The molecule has 9 heteroatoms. The second-order valence-electron chi connectivity index (χ2n) is 8.46. The van der Waals surface area contributed by atoms with E-state index >= 15 is 0 Å². The molecule has 9 nitrogen and oxygen atoms in total. The predicted molar refractivity (Wildman–Crippen MR) is 117 cm³/mol. The Balaban J connectivity index is 1.45. The van der Waals surface area contributed by atoms with Crippen LogP contribution in [0.15, 0.2) is 23.0 Å². The topological polar surface area (TPSA) is 97.6 Å². The number of hydrogen-bond acceptors (Lipinski definition) is 6. The monoisotopic (exact) mass is 429 g/mol. The van der Waals surface area contributed by atoms with E-state index in [2.05, 4.69) is 15.5 Å². The van der Waals surface area contributed by atoms with Gasteiger partial charge in [0.05, 0.1) is 23.7 Å². The second kappa shape index (κ2) is 9.33. The lowest BCUT2D eigenvalue weighted by molar-refractivity contribution is -0.135. The van der Waals surface area contributed by atoms with Crippen LogP contribution < -0.4 is 16.3 Å². The largest absolute Gasteiger partial charge is 0.374 e. The Kier molecular flexibility index (Phi) is 6.54. The summed E-state index contributed by atoms with van der Waals surface area (Å²) in [5.41, 5.74) is 2.48. The van der Waals surface area contributed by atoms with Crippen molar-refractivity contribution >= 4 is 22.8 Å². The Morgan fingerprint density at radius 1 is 1.23 bits per heavy atom. The van der Waals surface area contributed by atoms with E-state index < -0.39 is 11.9 Å². The van der Waals surface area contributed by atoms with Gasteiger partial charge in [-0.05, 0) is 50.6 Å². The molecule has 2 saturated heterocycles. The van der Waals surface area contributed by atoms with Crippen molar-refractivity contribution in [2.75, 3.05) is 39.8 Å². The molecular formula is C22H31N5O4. The maximum Gasteiger partial charge on any atom is 0.329 e. The van der Waals surface area contributed by atoms with E-state index in [0.717, 1.165) is 56.7 Å². The molecule has 2 aliphatic rings. The maximum atomic E-state index is 12.9. The van der Waals surface area contributed by atoms with Crippen LogP contribution in [0.1, 0.15) is 30.9 Å². The summed E-state index contributed by atoms with van der Waals surface area (Å²) in [4.78, 5) is 39.1. The van der Waals surface area contributed by atoms with E-state index in [4.69, 9.17) is 4.74 Å². The second-order valence-corrected chi connectivity index (χ2v) is 8.46. The first-order valence-corrected chi connectivity index (χ1v) is 11.0. The van der Waals surface area contributed by atoms with E-state index in [1.165, 1.54) is 10.1 Å². The van der Waals surface area contributed by atoms with E-state index in [0.29, 0.717) is 6.42 Å². The highest BCUT2D eigenvalue weighted by molar-refractivity contribution is 6.00. The average molecular weight is 430 g/mol. The number of imidazole rings is 1. The molecule has 1 aromatic heterocycles. The number of hydrogen-bond donors (Lipinski definition) is 2. The summed E-state index contributed by atoms with van der Waals surface area (Å²) in [6.07, 6.45) is 2.78. The van der Waals surface area contributed by atoms with Crippen LogP contribution >= 0.6 is 0 Å². The van der Waals surface area contributed by atoms with Crippen LogP contribution in [0, 0.1) is 0 Å². The highest BCUT2D eigenvalue weighted by Crippen LogP contribution is 2.24. The standard InChI is InChI=1S/C22H31N5O4/c1-23-13-16-14-26(10-11-31-16)9-3-4-15-5-6-17-19(12-15)25(2)22(30)27(17)18-7-8-20(28)24-21(18)29/h5-6,12,16,18,23H,3-4,7-11,13-14H2,1-2H3,(H,24,28,29). The minimum atomic E-state index is -0.647. The lowest BCUT2D eigenvalue weighted by atomic mass is 10.0. The van der Waals surface area contributed by atoms with Crippen LogP contribution in [-0.4, -0.2) is 71.8 Å². The molecule has 0 aliphatic carbocycles. The molecular weight excluding hydrogens is 398 g/mol. The summed E-state index contributed by atoms with van der Waals surface area (Å²) in [5.74, 6) is -0.689. The predicted octanol–water partition coefficient (Wildman–Crippen LogP) is 0.171. The number of nitrogens with zero attached hydrogens (tertiary/aromatic N) is 3. The number of carbonyl (C=O) groups excluding carboxylic acids is 2. The molecule has 0 radical (unpaired) electrons. The Hall–Kier alpha value is -2.49. The number of aromatic nitrogens is 2. The number of piperidine rings is 1. The molecule has 3 heterocycles. The number of benzene rings is 1. The maximum absolute atomic E-state index is 12.9. The number of nitrogens with one attached hydrogen (secondary N) is 2. The number of rotatable bonds is 7. The van der Waals surface area contributed by atoms with E-state index in [-0.39, 0.29) is 24.1 Å². The van der Waals surface area contributed by atoms with Crippen LogP contribution in [0.4, 0.5) is 0 Å². The van der Waals surface area contributed by atoms with Gasteiger partial charge in [-0.1, -0.05) is 6.07 Å². The third-order valence-corrected chi connectivity index (χ3v) is 6.27. The number of likely N-dealkylation sites (N-methyl/N-ethyl adjacent to an activating group) is 1. The third-order valence-electron chi connectivity index (χ3n) is 6.27. The minimum Gasteiger partial charge on any atom is -0.374 e. The van der Waals surface area contributed by atoms with Gasteiger partial charge in [-0.25, -0.2) is 4.79 Å². The van der Waals surface area contributed by atoms with E-state index in [1.807, 2.05) is 25.2 Å². The van der Waals surface area contributed by atoms with E-state index in [9.17, 15) is 14.4 Å². The average Bonchev–Trinajstić information content (AvgIpc) is 2.99. The first-order valence-electron chi connectivity index (χ1n) is 11.0. The van der Waals surface area contributed by atoms with Crippen LogP contribution in [0.2, 0.25) is 0 Å². The van der Waals surface area contributed by atoms with Crippen LogP contribution in [-0.2, 0) is 27.8 Å². The summed E-state index contributed by atoms with van der Waals surface area (Å²) >= 11 is 0. The highest BCUT2D eigenvalue weighted by atomic mass is 16.5. The van der Waals surface area contributed by atoms with Crippen molar-refractivity contribution in [1.82, 2.24) is 24.7 Å². The highest BCUT2D eigenvalue weighted by Gasteiger charge is 2.31. The fraction of sp³-hybridized carbons (Fsp3) is 0.591. The Morgan fingerprint density at radius 3 is 2.84 bits per heavy atom. The Morgan fingerprint density at radius 2 is 2.06 bits per heavy atom. The molecule has 31 heavy (non-hydrogen) atoms. The van der Waals surface area contributed by atoms with Gasteiger partial charge in [0.25, 0.3) is 0 Å². The zero-order valence-electron chi connectivity index (χ0n) is 18.2. The first kappa shape index (κ1) is 21.7. The molecule has 0 saturated carbocycles. The number of fused-ring (bicyclic) bond motifs is 1. The number of carbonyl (C=O) groups is 2. The zero-order chi connectivity index (χ0) is 22.0. The van der Waals surface area contributed by atoms with Crippen molar-refractivity contribution in [2.45, 2.75) is 37.8 Å². The molecule has 0 spiro atoms. The van der Waals surface area contributed by atoms with Crippen molar-refractivity contribution in [3.05, 3.63) is 34.2 Å². The normalized spacial score (nSPS) is 22.8. The summed E-state index contributed by atoms with van der Waals surface area (Å²) in [7, 11) is 3.67. The van der Waals surface area contributed by atoms with Crippen molar-refractivity contribution in [3.63, 3.8) is 0 Å². The zero-order valence-corrected chi connectivity index (χ0v) is 18.2. The van der Waals surface area contributed by atoms with Gasteiger partial charge in [-0.15, -0.1) is 0 Å². The minimum absolute atomic E-state index is 0.231. The smallest absolute Gasteiger partial charge is 0.329 e. The van der Waals surface area contributed by atoms with Gasteiger partial charge >= 0.3 is 5.69 Å². The molecule has 2 amide bonds. The van der Waals surface area contributed by atoms with Crippen molar-refractivity contribution in [2.24, 2.45) is 7.05 Å². The summed E-state index contributed by atoms with van der Waals surface area (Å²) in [6.45, 7) is 4.56. The van der Waals surface area contributed by atoms with Gasteiger partial charge in [0.2, 0.25) is 11.8 Å². The SMILES string of the molecule is CNCC1CN(CCCc2ccc3c(c2)n(C)c(=O)n3C2CCC(=O)NC2=O)CCO1. The molecule has 2 atom stereocenters. The van der Waals surface area contributed by atoms with Gasteiger partial charge in [-0.3, -0.25) is 28.9 Å². The molecule has 0 bridgehead atoms. The summed E-state index contributed by atoms with van der Waals surface area (Å²) < 4.78 is 8.88. The molecule has 2 aliphatic heterocycles. The molecule has 2 fully saturated rings. The van der Waals surface area contributed by atoms with Crippen molar-refractivity contribution in [1.29, 1.82) is 0 Å². The van der Waals surface area contributed by atoms with Crippen LogP contribution in [0.3, 0.4) is 0 Å². The third kappa shape index (κ3) is 4.58. The first-order chi connectivity index (χ1) is 15.0. The number of ether oxygens (including phenoxy) is 1. The molecule has 2 aromatic rings. The molecule has 1 aromatic carbocycles. The number of aryl methyl sites for hydroxylation is 2. The molecule has 2 unspecified atom stereocenters. The fourth-order valence-corrected chi connectivity index (χ4v) is 4.64. The Labute approximate surface area is 181 Å². The molecule has 2 N–H and O–H groups in total. The van der Waals surface area contributed by atoms with Gasteiger partial charge in [0, 0.05) is 33.1 Å². The Bertz CT molecular complexity index is 1020. The summed E-state index contributed by atoms with van der Waals surface area (Å²) in [6, 6.07) is 5.36. The lowest BCUT2D eigenvalue weighted by Gasteiger charge is -2.32. The van der Waals surface area contributed by atoms with Crippen LogP contribution in [0.5, 0.6) is 0 Å². The van der Waals surface area contributed by atoms with Crippen molar-refractivity contribution < 1.29 is 14.3 Å². The lowest BCUT2D eigenvalue weighted by Crippen LogP contribution is -2.46. The fourth-order valence-electron chi connectivity index (χ4n) is 4.64. The summed E-state index contributed by atoms with van der Waals surface area (Å²) in [5, 5.41) is 5.52. The number of amides is 2. The van der Waals surface area contributed by atoms with Gasteiger partial charge in [0.1, 0.15) is 6.04 Å². The van der Waals surface area contributed by atoms with Gasteiger partial charge < -0.3 is 10.1 Å². The van der Waals surface area contributed by atoms with Crippen molar-refractivity contribution in [3.8, 4) is 0 Å². The van der Waals surface area contributed by atoms with Gasteiger partial charge in [0.15, 0.2) is 0 Å². The van der Waals surface area contributed by atoms with Crippen LogP contribution in [0.25, 0.3) is 11.0 Å². The van der Waals surface area contributed by atoms with E-state index in [1.54, 1.807) is 11.6 Å². The molecule has 168 valence electrons.